The Balaban J connectivity index is 1.84. The van der Waals surface area contributed by atoms with Gasteiger partial charge >= 0.3 is 5.97 Å². The van der Waals surface area contributed by atoms with Crippen molar-refractivity contribution < 1.29 is 9.53 Å². The molecule has 0 aromatic carbocycles. The van der Waals surface area contributed by atoms with Gasteiger partial charge in [0.2, 0.25) is 0 Å². The Morgan fingerprint density at radius 1 is 0.833 bits per heavy atom. The molecule has 3 aliphatic rings. The van der Waals surface area contributed by atoms with Crippen molar-refractivity contribution in [2.45, 2.75) is 116 Å². The predicted octanol–water partition coefficient (Wildman–Crippen LogP) is 6.42. The smallest absolute Gasteiger partial charge is 0.311 e. The molecule has 24 heavy (non-hydrogen) atoms. The molecular weight excluding hydrogens is 296 g/mol. The van der Waals surface area contributed by atoms with Crippen LogP contribution in [-0.4, -0.2) is 11.6 Å². The van der Waals surface area contributed by atoms with Gasteiger partial charge in [0.15, 0.2) is 0 Å². The molecule has 138 valence electrons. The highest BCUT2D eigenvalue weighted by Crippen LogP contribution is 2.56. The van der Waals surface area contributed by atoms with Crippen molar-refractivity contribution in [1.29, 1.82) is 0 Å². The van der Waals surface area contributed by atoms with E-state index < -0.39 is 5.41 Å². The number of carbonyl (C=O) groups excluding carboxylic acids is 1. The quantitative estimate of drug-likeness (QED) is 0.545. The van der Waals surface area contributed by atoms with Gasteiger partial charge in [-0.3, -0.25) is 4.79 Å². The number of ether oxygens (including phenoxy) is 1. The van der Waals surface area contributed by atoms with Crippen LogP contribution in [0.3, 0.4) is 0 Å². The molecule has 1 spiro atoms. The van der Waals surface area contributed by atoms with Crippen LogP contribution in [0.4, 0.5) is 0 Å². The molecule has 0 amide bonds. The van der Waals surface area contributed by atoms with E-state index in [1.807, 2.05) is 20.8 Å². The van der Waals surface area contributed by atoms with E-state index in [1.165, 1.54) is 77.0 Å². The fourth-order valence-electron chi connectivity index (χ4n) is 5.79. The lowest BCUT2D eigenvalue weighted by Crippen LogP contribution is -2.52. The van der Waals surface area contributed by atoms with Crippen molar-refractivity contribution in [2.24, 2.45) is 16.7 Å². The van der Waals surface area contributed by atoms with E-state index >= 15 is 0 Å². The predicted molar refractivity (Wildman–Crippen MR) is 98.8 cm³/mol. The summed E-state index contributed by atoms with van der Waals surface area (Å²) in [5.41, 5.74) is -0.0642. The van der Waals surface area contributed by atoms with Crippen LogP contribution in [0.25, 0.3) is 0 Å². The molecule has 0 aliphatic heterocycles. The second-order valence-electron chi connectivity index (χ2n) is 10.1. The third-order valence-electron chi connectivity index (χ3n) is 7.15. The largest absolute Gasteiger partial charge is 0.458 e. The van der Waals surface area contributed by atoms with Crippen LogP contribution < -0.4 is 0 Å². The first-order chi connectivity index (χ1) is 11.4. The first-order valence-corrected chi connectivity index (χ1v) is 10.6. The Bertz CT molecular complexity index is 430. The molecule has 3 saturated carbocycles. The number of hydrogen-bond acceptors (Lipinski definition) is 2. The lowest BCUT2D eigenvalue weighted by Gasteiger charge is -2.53. The van der Waals surface area contributed by atoms with Crippen LogP contribution in [0.15, 0.2) is 0 Å². The van der Waals surface area contributed by atoms with Crippen LogP contribution in [0.2, 0.25) is 0 Å². The summed E-state index contributed by atoms with van der Waals surface area (Å²) >= 11 is 0. The van der Waals surface area contributed by atoms with E-state index in [2.05, 4.69) is 0 Å². The Hall–Kier alpha value is -0.530. The summed E-state index contributed by atoms with van der Waals surface area (Å²) in [6, 6.07) is 0. The molecule has 3 aliphatic carbocycles. The summed E-state index contributed by atoms with van der Waals surface area (Å²) in [4.78, 5) is 12.8. The van der Waals surface area contributed by atoms with Crippen molar-refractivity contribution in [3.05, 3.63) is 0 Å². The molecule has 0 bridgehead atoms. The third kappa shape index (κ3) is 3.83. The summed E-state index contributed by atoms with van der Waals surface area (Å²) < 4.78 is 6.47. The average Bonchev–Trinajstić information content (AvgIpc) is 2.55. The van der Waals surface area contributed by atoms with Crippen LogP contribution in [0.1, 0.15) is 111 Å². The van der Waals surface area contributed by atoms with Crippen molar-refractivity contribution in [1.82, 2.24) is 0 Å². The van der Waals surface area contributed by atoms with Crippen molar-refractivity contribution in [3.8, 4) is 0 Å². The Morgan fingerprint density at radius 3 is 2.04 bits per heavy atom. The Morgan fingerprint density at radius 2 is 1.42 bits per heavy atom. The zero-order chi connectivity index (χ0) is 17.3. The van der Waals surface area contributed by atoms with Gasteiger partial charge in [0.25, 0.3) is 0 Å². The van der Waals surface area contributed by atoms with Gasteiger partial charge < -0.3 is 4.74 Å². The number of rotatable bonds is 2. The van der Waals surface area contributed by atoms with E-state index in [0.717, 1.165) is 12.8 Å². The van der Waals surface area contributed by atoms with Gasteiger partial charge in [-0.25, -0.2) is 0 Å². The molecule has 1 unspecified atom stereocenters. The SMILES string of the molecule is CC(C)(C)C(=O)OC1(C2CCCCC2)CCCC2(CCCCC2)C1. The maximum Gasteiger partial charge on any atom is 0.311 e. The highest BCUT2D eigenvalue weighted by molar-refractivity contribution is 5.75. The van der Waals surface area contributed by atoms with Crippen molar-refractivity contribution in [3.63, 3.8) is 0 Å². The summed E-state index contributed by atoms with van der Waals surface area (Å²) in [6.07, 6.45) is 18.4. The minimum atomic E-state index is -0.390. The van der Waals surface area contributed by atoms with Gasteiger partial charge in [0.1, 0.15) is 5.60 Å². The topological polar surface area (TPSA) is 26.3 Å². The Kier molecular flexibility index (Phi) is 5.33. The average molecular weight is 335 g/mol. The highest BCUT2D eigenvalue weighted by atomic mass is 16.6. The van der Waals surface area contributed by atoms with Crippen LogP contribution in [0.5, 0.6) is 0 Å². The number of hydrogen-bond donors (Lipinski definition) is 0. The molecule has 0 N–H and O–H groups in total. The maximum absolute atomic E-state index is 12.8. The summed E-state index contributed by atoms with van der Waals surface area (Å²) in [7, 11) is 0. The molecule has 0 radical (unpaired) electrons. The van der Waals surface area contributed by atoms with Crippen LogP contribution in [0, 0.1) is 16.7 Å². The van der Waals surface area contributed by atoms with Gasteiger partial charge in [-0.15, -0.1) is 0 Å². The zero-order valence-electron chi connectivity index (χ0n) is 16.3. The first kappa shape index (κ1) is 18.3. The lowest BCUT2D eigenvalue weighted by atomic mass is 9.57. The standard InChI is InChI=1S/C22H38O2/c1-20(2,3)19(23)24-22(18-11-6-4-7-12-18)16-10-15-21(17-22)13-8-5-9-14-21/h18H,4-17H2,1-3H3. The lowest BCUT2D eigenvalue weighted by molar-refractivity contribution is -0.192. The van der Waals surface area contributed by atoms with Gasteiger partial charge in [-0.2, -0.15) is 0 Å². The van der Waals surface area contributed by atoms with E-state index in [1.54, 1.807) is 0 Å². The van der Waals surface area contributed by atoms with Gasteiger partial charge in [-0.05, 0) is 83.5 Å². The van der Waals surface area contributed by atoms with E-state index in [0.29, 0.717) is 11.3 Å². The van der Waals surface area contributed by atoms with E-state index in [-0.39, 0.29) is 11.6 Å². The van der Waals surface area contributed by atoms with Gasteiger partial charge in [0, 0.05) is 0 Å². The number of carbonyl (C=O) groups is 1. The van der Waals surface area contributed by atoms with Gasteiger partial charge in [0.05, 0.1) is 5.41 Å². The molecule has 1 atom stereocenters. The molecule has 0 aromatic rings. The maximum atomic E-state index is 12.8. The normalized spacial score (nSPS) is 31.8. The summed E-state index contributed by atoms with van der Waals surface area (Å²) in [6.45, 7) is 6.01. The summed E-state index contributed by atoms with van der Waals surface area (Å²) in [5, 5.41) is 0. The minimum Gasteiger partial charge on any atom is -0.458 e. The van der Waals surface area contributed by atoms with Crippen LogP contribution >= 0.6 is 0 Å². The number of esters is 1. The van der Waals surface area contributed by atoms with Crippen molar-refractivity contribution in [2.75, 3.05) is 0 Å². The van der Waals surface area contributed by atoms with E-state index in [9.17, 15) is 4.79 Å². The molecule has 3 rings (SSSR count). The molecule has 3 fully saturated rings. The second-order valence-corrected chi connectivity index (χ2v) is 10.1. The zero-order valence-corrected chi connectivity index (χ0v) is 16.3. The monoisotopic (exact) mass is 334 g/mol. The summed E-state index contributed by atoms with van der Waals surface area (Å²) in [5.74, 6) is 0.637. The minimum absolute atomic E-state index is 0.0286. The molecule has 2 heteroatoms. The second kappa shape index (κ2) is 7.00. The van der Waals surface area contributed by atoms with Crippen molar-refractivity contribution >= 4 is 5.97 Å². The fourth-order valence-corrected chi connectivity index (χ4v) is 5.79. The van der Waals surface area contributed by atoms with Gasteiger partial charge in [-0.1, -0.05) is 38.5 Å². The first-order valence-electron chi connectivity index (χ1n) is 10.6. The third-order valence-corrected chi connectivity index (χ3v) is 7.15. The Labute approximate surface area is 149 Å². The highest BCUT2D eigenvalue weighted by Gasteiger charge is 2.52. The fraction of sp³-hybridized carbons (Fsp3) is 0.955. The molecule has 0 aromatic heterocycles. The van der Waals surface area contributed by atoms with Crippen LogP contribution in [-0.2, 0) is 9.53 Å². The molecule has 2 nitrogen and oxygen atoms in total. The molecular formula is C22H38O2. The molecule has 0 heterocycles. The molecule has 0 saturated heterocycles. The van der Waals surface area contributed by atoms with E-state index in [4.69, 9.17) is 4.74 Å².